The van der Waals surface area contributed by atoms with Crippen molar-refractivity contribution in [2.24, 2.45) is 0 Å². The smallest absolute Gasteiger partial charge is 0.103 e. The van der Waals surface area contributed by atoms with E-state index in [0.29, 0.717) is 5.56 Å². The van der Waals surface area contributed by atoms with Crippen LogP contribution in [0, 0.1) is 0 Å². The minimum Gasteiger partial charge on any atom is -0.393 e. The quantitative estimate of drug-likeness (QED) is 0.616. The van der Waals surface area contributed by atoms with E-state index in [1.54, 1.807) is 11.4 Å². The Balaban J connectivity index is 2.71. The molecule has 1 heterocycles. The summed E-state index contributed by atoms with van der Waals surface area (Å²) >= 11 is 1.37. The molecule has 0 aliphatic rings. The van der Waals surface area contributed by atoms with Crippen molar-refractivity contribution in [3.63, 3.8) is 0 Å². The molecule has 1 aromatic rings. The van der Waals surface area contributed by atoms with Gasteiger partial charge in [-0.2, -0.15) is 0 Å². The third-order valence-corrected chi connectivity index (χ3v) is 2.33. The SMILES string of the molecule is OCc1cc(C(O)CO)cs1. The summed E-state index contributed by atoms with van der Waals surface area (Å²) in [5.41, 5.74) is 0.668. The van der Waals surface area contributed by atoms with E-state index in [0.717, 1.165) is 4.88 Å². The van der Waals surface area contributed by atoms with Gasteiger partial charge in [-0.1, -0.05) is 0 Å². The molecule has 0 spiro atoms. The van der Waals surface area contributed by atoms with Crippen molar-refractivity contribution in [2.75, 3.05) is 6.61 Å². The Morgan fingerprint density at radius 1 is 1.45 bits per heavy atom. The summed E-state index contributed by atoms with van der Waals surface area (Å²) in [7, 11) is 0. The molecule has 3 nitrogen and oxygen atoms in total. The molecule has 11 heavy (non-hydrogen) atoms. The van der Waals surface area contributed by atoms with Gasteiger partial charge >= 0.3 is 0 Å². The van der Waals surface area contributed by atoms with Crippen molar-refractivity contribution >= 4 is 11.3 Å². The Morgan fingerprint density at radius 2 is 2.18 bits per heavy atom. The van der Waals surface area contributed by atoms with E-state index in [1.807, 2.05) is 0 Å². The highest BCUT2D eigenvalue weighted by molar-refractivity contribution is 7.10. The first-order valence-corrected chi connectivity index (χ1v) is 4.13. The molecule has 1 atom stereocenters. The van der Waals surface area contributed by atoms with E-state index in [9.17, 15) is 0 Å². The fraction of sp³-hybridized carbons (Fsp3) is 0.429. The van der Waals surface area contributed by atoms with Crippen molar-refractivity contribution in [3.05, 3.63) is 21.9 Å². The van der Waals surface area contributed by atoms with Gasteiger partial charge in [0.2, 0.25) is 0 Å². The number of aliphatic hydroxyl groups is 3. The average Bonchev–Trinajstić information content (AvgIpc) is 2.50. The van der Waals surface area contributed by atoms with Gasteiger partial charge in [0.25, 0.3) is 0 Å². The fourth-order valence-corrected chi connectivity index (χ4v) is 1.55. The summed E-state index contributed by atoms with van der Waals surface area (Å²) in [5, 5.41) is 28.1. The topological polar surface area (TPSA) is 60.7 Å². The third-order valence-electron chi connectivity index (χ3n) is 1.39. The maximum Gasteiger partial charge on any atom is 0.103 e. The van der Waals surface area contributed by atoms with Gasteiger partial charge in [-0.25, -0.2) is 0 Å². The Labute approximate surface area is 68.5 Å². The zero-order valence-electron chi connectivity index (χ0n) is 5.90. The van der Waals surface area contributed by atoms with Crippen molar-refractivity contribution in [2.45, 2.75) is 12.7 Å². The molecule has 3 N–H and O–H groups in total. The van der Waals surface area contributed by atoms with Crippen LogP contribution in [0.3, 0.4) is 0 Å². The van der Waals surface area contributed by atoms with Crippen LogP contribution in [0.2, 0.25) is 0 Å². The highest BCUT2D eigenvalue weighted by Crippen LogP contribution is 2.20. The lowest BCUT2D eigenvalue weighted by atomic mass is 10.2. The first-order chi connectivity index (χ1) is 5.27. The molecule has 1 rings (SSSR count). The molecule has 0 aromatic carbocycles. The first kappa shape index (κ1) is 8.67. The summed E-state index contributed by atoms with van der Waals surface area (Å²) < 4.78 is 0. The van der Waals surface area contributed by atoms with Crippen LogP contribution in [0.1, 0.15) is 16.5 Å². The molecular weight excluding hydrogens is 164 g/mol. The van der Waals surface area contributed by atoms with Crippen LogP contribution in [0.15, 0.2) is 11.4 Å². The van der Waals surface area contributed by atoms with Crippen LogP contribution < -0.4 is 0 Å². The van der Waals surface area contributed by atoms with Crippen LogP contribution in [0.4, 0.5) is 0 Å². The summed E-state index contributed by atoms with van der Waals surface area (Å²) in [6, 6.07) is 1.69. The van der Waals surface area contributed by atoms with Gasteiger partial charge in [-0.3, -0.25) is 0 Å². The maximum atomic E-state index is 9.11. The normalized spacial score (nSPS) is 13.4. The lowest BCUT2D eigenvalue weighted by Gasteiger charge is -2.01. The second kappa shape index (κ2) is 3.82. The monoisotopic (exact) mass is 174 g/mol. The summed E-state index contributed by atoms with van der Waals surface area (Å²) in [5.74, 6) is 0. The standard InChI is InChI=1S/C7H10O3S/c8-2-6-1-5(4-11-6)7(10)3-9/h1,4,7-10H,2-3H2. The Morgan fingerprint density at radius 3 is 2.64 bits per heavy atom. The molecule has 0 aliphatic heterocycles. The van der Waals surface area contributed by atoms with Gasteiger partial charge in [0.05, 0.1) is 13.2 Å². The second-order valence-corrected chi connectivity index (χ2v) is 3.20. The van der Waals surface area contributed by atoms with E-state index in [4.69, 9.17) is 15.3 Å². The second-order valence-electron chi connectivity index (χ2n) is 2.20. The number of hydrogen-bond acceptors (Lipinski definition) is 4. The van der Waals surface area contributed by atoms with Crippen LogP contribution in [0.5, 0.6) is 0 Å². The average molecular weight is 174 g/mol. The van der Waals surface area contributed by atoms with Gasteiger partial charge < -0.3 is 15.3 Å². The van der Waals surface area contributed by atoms with Gasteiger partial charge in [0.1, 0.15) is 6.10 Å². The lowest BCUT2D eigenvalue weighted by molar-refractivity contribution is 0.0958. The molecule has 62 valence electrons. The number of thiophene rings is 1. The third kappa shape index (κ3) is 2.00. The van der Waals surface area contributed by atoms with Gasteiger partial charge in [-0.15, -0.1) is 11.3 Å². The molecule has 0 aliphatic carbocycles. The predicted octanol–water partition coefficient (Wildman–Crippen LogP) is 0.266. The summed E-state index contributed by atoms with van der Waals surface area (Å²) in [4.78, 5) is 0.799. The van der Waals surface area contributed by atoms with Crippen LogP contribution in [-0.2, 0) is 6.61 Å². The predicted molar refractivity (Wildman–Crippen MR) is 42.3 cm³/mol. The van der Waals surface area contributed by atoms with Gasteiger partial charge in [0.15, 0.2) is 0 Å². The molecular formula is C7H10O3S. The van der Waals surface area contributed by atoms with Crippen LogP contribution in [-0.4, -0.2) is 21.9 Å². The summed E-state index contributed by atoms with van der Waals surface area (Å²) in [6.07, 6.45) is -0.813. The zero-order chi connectivity index (χ0) is 8.27. The van der Waals surface area contributed by atoms with Crippen molar-refractivity contribution in [1.29, 1.82) is 0 Å². The lowest BCUT2D eigenvalue weighted by Crippen LogP contribution is -2.00. The number of aliphatic hydroxyl groups excluding tert-OH is 3. The first-order valence-electron chi connectivity index (χ1n) is 3.25. The maximum absolute atomic E-state index is 9.11. The largest absolute Gasteiger partial charge is 0.393 e. The van der Waals surface area contributed by atoms with E-state index in [-0.39, 0.29) is 13.2 Å². The number of rotatable bonds is 3. The van der Waals surface area contributed by atoms with Crippen LogP contribution in [0.25, 0.3) is 0 Å². The number of hydrogen-bond donors (Lipinski definition) is 3. The van der Waals surface area contributed by atoms with E-state index < -0.39 is 6.10 Å². The van der Waals surface area contributed by atoms with Crippen molar-refractivity contribution in [1.82, 2.24) is 0 Å². The van der Waals surface area contributed by atoms with E-state index in [1.165, 1.54) is 11.3 Å². The van der Waals surface area contributed by atoms with E-state index >= 15 is 0 Å². The van der Waals surface area contributed by atoms with Gasteiger partial charge in [0, 0.05) is 4.88 Å². The minimum absolute atomic E-state index is 0.0111. The summed E-state index contributed by atoms with van der Waals surface area (Å²) in [6.45, 7) is -0.287. The highest BCUT2D eigenvalue weighted by atomic mass is 32.1. The molecule has 0 saturated heterocycles. The van der Waals surface area contributed by atoms with Crippen LogP contribution >= 0.6 is 11.3 Å². The Kier molecular flexibility index (Phi) is 3.02. The molecule has 1 aromatic heterocycles. The molecule has 1 unspecified atom stereocenters. The molecule has 0 amide bonds. The Bertz CT molecular complexity index is 221. The molecule has 0 bridgehead atoms. The highest BCUT2D eigenvalue weighted by Gasteiger charge is 2.07. The van der Waals surface area contributed by atoms with Crippen molar-refractivity contribution in [3.8, 4) is 0 Å². The fourth-order valence-electron chi connectivity index (χ4n) is 0.761. The molecule has 0 fully saturated rings. The molecule has 0 radical (unpaired) electrons. The Hall–Kier alpha value is -0.420. The van der Waals surface area contributed by atoms with E-state index in [2.05, 4.69) is 0 Å². The van der Waals surface area contributed by atoms with Gasteiger partial charge in [-0.05, 0) is 17.0 Å². The minimum atomic E-state index is -0.813. The van der Waals surface area contributed by atoms with Crippen molar-refractivity contribution < 1.29 is 15.3 Å². The molecule has 0 saturated carbocycles. The zero-order valence-corrected chi connectivity index (χ0v) is 6.71. The molecule has 4 heteroatoms.